The smallest absolute Gasteiger partial charge is 0.306 e. The number of nitrogens with one attached hydrogen (secondary N) is 1. The largest absolute Gasteiger partial charge is 0.481 e. The standard InChI is InChI=1S/C17H21NO4/c19-16(12-6-7-13(10-12)17(20)21)18-14-8-9-22-15(14)11-4-2-1-3-5-11/h1-5,12-15H,6-10H2,(H,18,19)(H,20,21)/t12-,13+,14?,15?/m0/s1. The van der Waals surface area contributed by atoms with Crippen LogP contribution in [0.1, 0.15) is 37.4 Å². The Balaban J connectivity index is 1.60. The normalized spacial score (nSPS) is 31.1. The number of ether oxygens (including phenoxy) is 1. The molecule has 3 rings (SSSR count). The van der Waals surface area contributed by atoms with Gasteiger partial charge in [0.15, 0.2) is 0 Å². The van der Waals surface area contributed by atoms with Crippen LogP contribution in [0.15, 0.2) is 30.3 Å². The van der Waals surface area contributed by atoms with Crippen molar-refractivity contribution >= 4 is 11.9 Å². The van der Waals surface area contributed by atoms with Crippen LogP contribution in [-0.4, -0.2) is 29.6 Å². The number of hydrogen-bond donors (Lipinski definition) is 2. The van der Waals surface area contributed by atoms with Crippen molar-refractivity contribution in [3.05, 3.63) is 35.9 Å². The van der Waals surface area contributed by atoms with Crippen LogP contribution in [0.5, 0.6) is 0 Å². The van der Waals surface area contributed by atoms with Crippen molar-refractivity contribution in [1.29, 1.82) is 0 Å². The fourth-order valence-corrected chi connectivity index (χ4v) is 3.45. The molecule has 1 aromatic carbocycles. The zero-order chi connectivity index (χ0) is 15.5. The van der Waals surface area contributed by atoms with Crippen LogP contribution in [0.4, 0.5) is 0 Å². The number of carbonyl (C=O) groups excluding carboxylic acids is 1. The summed E-state index contributed by atoms with van der Waals surface area (Å²) in [6.07, 6.45) is 2.38. The lowest BCUT2D eigenvalue weighted by Gasteiger charge is -2.22. The highest BCUT2D eigenvalue weighted by molar-refractivity contribution is 5.81. The van der Waals surface area contributed by atoms with E-state index >= 15 is 0 Å². The van der Waals surface area contributed by atoms with Crippen LogP contribution in [-0.2, 0) is 14.3 Å². The summed E-state index contributed by atoms with van der Waals surface area (Å²) in [4.78, 5) is 23.4. The second-order valence-electron chi connectivity index (χ2n) is 6.15. The second kappa shape index (κ2) is 6.48. The van der Waals surface area contributed by atoms with Crippen molar-refractivity contribution in [2.75, 3.05) is 6.61 Å². The van der Waals surface area contributed by atoms with Gasteiger partial charge in [0.2, 0.25) is 5.91 Å². The molecule has 1 aromatic rings. The van der Waals surface area contributed by atoms with Crippen LogP contribution in [0.25, 0.3) is 0 Å². The van der Waals surface area contributed by atoms with Gasteiger partial charge in [-0.15, -0.1) is 0 Å². The summed E-state index contributed by atoms with van der Waals surface area (Å²) in [5.74, 6) is -1.37. The minimum atomic E-state index is -0.790. The molecule has 0 radical (unpaired) electrons. The predicted octanol–water partition coefficient (Wildman–Crippen LogP) is 2.13. The van der Waals surface area contributed by atoms with E-state index in [-0.39, 0.29) is 29.9 Å². The molecule has 2 fully saturated rings. The van der Waals surface area contributed by atoms with Crippen molar-refractivity contribution in [2.45, 2.75) is 37.8 Å². The van der Waals surface area contributed by atoms with Crippen molar-refractivity contribution in [2.24, 2.45) is 11.8 Å². The van der Waals surface area contributed by atoms with Gasteiger partial charge in [-0.1, -0.05) is 30.3 Å². The maximum Gasteiger partial charge on any atom is 0.306 e. The first-order chi connectivity index (χ1) is 10.6. The fourth-order valence-electron chi connectivity index (χ4n) is 3.45. The van der Waals surface area contributed by atoms with Crippen LogP contribution < -0.4 is 5.32 Å². The van der Waals surface area contributed by atoms with Gasteiger partial charge < -0.3 is 15.2 Å². The van der Waals surface area contributed by atoms with E-state index in [1.807, 2.05) is 30.3 Å². The SMILES string of the molecule is O=C(O)[C@@H]1CC[C@H](C(=O)NC2CCOC2c2ccccc2)C1. The number of carboxylic acid groups (broad SMARTS) is 1. The van der Waals surface area contributed by atoms with Gasteiger partial charge in [-0.2, -0.15) is 0 Å². The van der Waals surface area contributed by atoms with E-state index in [2.05, 4.69) is 5.32 Å². The van der Waals surface area contributed by atoms with Gasteiger partial charge in [-0.25, -0.2) is 0 Å². The Labute approximate surface area is 129 Å². The van der Waals surface area contributed by atoms with Crippen molar-refractivity contribution in [1.82, 2.24) is 5.32 Å². The minimum absolute atomic E-state index is 0.0276. The van der Waals surface area contributed by atoms with Crippen LogP contribution >= 0.6 is 0 Å². The summed E-state index contributed by atoms with van der Waals surface area (Å²) in [6, 6.07) is 9.86. The molecule has 2 aliphatic rings. The molecule has 1 aliphatic carbocycles. The average Bonchev–Trinajstić information content (AvgIpc) is 3.17. The van der Waals surface area contributed by atoms with Gasteiger partial charge in [0.1, 0.15) is 6.10 Å². The van der Waals surface area contributed by atoms with E-state index in [9.17, 15) is 9.59 Å². The quantitative estimate of drug-likeness (QED) is 0.893. The third-order valence-electron chi connectivity index (χ3n) is 4.70. The van der Waals surface area contributed by atoms with E-state index in [0.29, 0.717) is 25.9 Å². The Bertz CT molecular complexity index is 545. The molecule has 1 aliphatic heterocycles. The summed E-state index contributed by atoms with van der Waals surface area (Å²) in [5, 5.41) is 12.1. The number of carboxylic acids is 1. The number of carbonyl (C=O) groups is 2. The first-order valence-electron chi connectivity index (χ1n) is 7.85. The molecule has 4 atom stereocenters. The Morgan fingerprint density at radius 3 is 2.50 bits per heavy atom. The summed E-state index contributed by atoms with van der Waals surface area (Å²) < 4.78 is 5.77. The van der Waals surface area contributed by atoms with E-state index in [1.165, 1.54) is 0 Å². The molecule has 2 unspecified atom stereocenters. The molecule has 1 heterocycles. The molecule has 22 heavy (non-hydrogen) atoms. The van der Waals surface area contributed by atoms with Gasteiger partial charge in [0.25, 0.3) is 0 Å². The minimum Gasteiger partial charge on any atom is -0.481 e. The molecule has 0 aromatic heterocycles. The molecule has 1 saturated heterocycles. The first kappa shape index (κ1) is 15.0. The lowest BCUT2D eigenvalue weighted by Crippen LogP contribution is -2.40. The maximum absolute atomic E-state index is 12.4. The van der Waals surface area contributed by atoms with E-state index in [0.717, 1.165) is 12.0 Å². The Morgan fingerprint density at radius 1 is 1.09 bits per heavy atom. The highest BCUT2D eigenvalue weighted by Crippen LogP contribution is 2.33. The average molecular weight is 303 g/mol. The molecule has 118 valence electrons. The van der Waals surface area contributed by atoms with Gasteiger partial charge >= 0.3 is 5.97 Å². The molecule has 5 heteroatoms. The third kappa shape index (κ3) is 3.14. The fraction of sp³-hybridized carbons (Fsp3) is 0.529. The lowest BCUT2D eigenvalue weighted by molar-refractivity contribution is -0.141. The molecule has 1 amide bonds. The Kier molecular flexibility index (Phi) is 4.43. The molecule has 5 nitrogen and oxygen atoms in total. The highest BCUT2D eigenvalue weighted by Gasteiger charge is 2.37. The van der Waals surface area contributed by atoms with Gasteiger partial charge in [0.05, 0.1) is 12.0 Å². The summed E-state index contributed by atoms with van der Waals surface area (Å²) in [5.41, 5.74) is 1.07. The molecule has 0 spiro atoms. The zero-order valence-corrected chi connectivity index (χ0v) is 12.4. The zero-order valence-electron chi connectivity index (χ0n) is 12.4. The van der Waals surface area contributed by atoms with Gasteiger partial charge in [-0.3, -0.25) is 9.59 Å². The van der Waals surface area contributed by atoms with Crippen molar-refractivity contribution in [3.63, 3.8) is 0 Å². The number of aliphatic carboxylic acids is 1. The Morgan fingerprint density at radius 2 is 1.82 bits per heavy atom. The van der Waals surface area contributed by atoms with Crippen LogP contribution in [0, 0.1) is 11.8 Å². The number of benzene rings is 1. The van der Waals surface area contributed by atoms with Crippen molar-refractivity contribution < 1.29 is 19.4 Å². The summed E-state index contributed by atoms with van der Waals surface area (Å²) in [6.45, 7) is 0.632. The van der Waals surface area contributed by atoms with E-state index in [4.69, 9.17) is 9.84 Å². The first-order valence-corrected chi connectivity index (χ1v) is 7.85. The van der Waals surface area contributed by atoms with Crippen molar-refractivity contribution in [3.8, 4) is 0 Å². The van der Waals surface area contributed by atoms with Gasteiger partial charge in [-0.05, 0) is 31.2 Å². The van der Waals surface area contributed by atoms with E-state index < -0.39 is 5.97 Å². The molecule has 0 bridgehead atoms. The predicted molar refractivity (Wildman–Crippen MR) is 80.1 cm³/mol. The monoisotopic (exact) mass is 303 g/mol. The second-order valence-corrected chi connectivity index (χ2v) is 6.15. The summed E-state index contributed by atoms with van der Waals surface area (Å²) in [7, 11) is 0. The third-order valence-corrected chi connectivity index (χ3v) is 4.70. The van der Waals surface area contributed by atoms with Crippen LogP contribution in [0.3, 0.4) is 0 Å². The summed E-state index contributed by atoms with van der Waals surface area (Å²) >= 11 is 0. The number of amides is 1. The van der Waals surface area contributed by atoms with E-state index in [1.54, 1.807) is 0 Å². The number of hydrogen-bond acceptors (Lipinski definition) is 3. The Hall–Kier alpha value is -1.88. The highest BCUT2D eigenvalue weighted by atomic mass is 16.5. The molecular formula is C17H21NO4. The van der Waals surface area contributed by atoms with Gasteiger partial charge in [0, 0.05) is 12.5 Å². The lowest BCUT2D eigenvalue weighted by atomic mass is 10.00. The topological polar surface area (TPSA) is 75.6 Å². The number of rotatable bonds is 4. The molecular weight excluding hydrogens is 282 g/mol. The van der Waals surface area contributed by atoms with Crippen LogP contribution in [0.2, 0.25) is 0 Å². The molecule has 1 saturated carbocycles. The maximum atomic E-state index is 12.4. The molecule has 2 N–H and O–H groups in total.